The molecule has 8 nitrogen and oxygen atoms in total. The van der Waals surface area contributed by atoms with Crippen LogP contribution in [0.2, 0.25) is 0 Å². The van der Waals surface area contributed by atoms with Crippen LogP contribution in [-0.4, -0.2) is 59.0 Å². The number of benzene rings is 2. The van der Waals surface area contributed by atoms with Crippen molar-refractivity contribution in [2.75, 3.05) is 19.3 Å². The average Bonchev–Trinajstić information content (AvgIpc) is 3.31. The van der Waals surface area contributed by atoms with E-state index in [1.54, 1.807) is 28.9 Å². The zero-order valence-corrected chi connectivity index (χ0v) is 23.6. The highest BCUT2D eigenvalue weighted by Gasteiger charge is 2.27. The first-order valence-electron chi connectivity index (χ1n) is 13.2. The van der Waals surface area contributed by atoms with Crippen molar-refractivity contribution in [2.45, 2.75) is 50.5 Å². The second kappa shape index (κ2) is 10.4. The number of carbonyl (C=O) groups is 1. The third-order valence-corrected chi connectivity index (χ3v) is 8.12. The Morgan fingerprint density at radius 2 is 1.72 bits per heavy atom. The summed E-state index contributed by atoms with van der Waals surface area (Å²) in [6, 6.07) is 15.4. The molecule has 1 amide bonds. The molecule has 0 N–H and O–H groups in total. The van der Waals surface area contributed by atoms with Crippen molar-refractivity contribution in [1.82, 2.24) is 19.5 Å². The van der Waals surface area contributed by atoms with Gasteiger partial charge in [0.2, 0.25) is 0 Å². The Kier molecular flexibility index (Phi) is 7.20. The summed E-state index contributed by atoms with van der Waals surface area (Å²) in [5.41, 5.74) is 4.99. The molecule has 4 aromatic rings. The van der Waals surface area contributed by atoms with E-state index in [1.807, 2.05) is 44.1 Å². The number of ether oxygens (including phenoxy) is 1. The van der Waals surface area contributed by atoms with Crippen LogP contribution in [0.1, 0.15) is 39.2 Å². The fourth-order valence-corrected chi connectivity index (χ4v) is 5.60. The van der Waals surface area contributed by atoms with Gasteiger partial charge in [0.05, 0.1) is 11.1 Å². The lowest BCUT2D eigenvalue weighted by Gasteiger charge is -2.33. The summed E-state index contributed by atoms with van der Waals surface area (Å²) in [7, 11) is -3.31. The largest absolute Gasteiger partial charge is 0.444 e. The van der Waals surface area contributed by atoms with E-state index in [2.05, 4.69) is 34.3 Å². The molecule has 0 unspecified atom stereocenters. The van der Waals surface area contributed by atoms with Gasteiger partial charge in [-0.3, -0.25) is 0 Å². The van der Waals surface area contributed by atoms with Crippen LogP contribution in [0, 0.1) is 5.92 Å². The molecule has 1 fully saturated rings. The summed E-state index contributed by atoms with van der Waals surface area (Å²) in [6.07, 6.45) is 9.37. The van der Waals surface area contributed by atoms with Crippen LogP contribution in [0.5, 0.6) is 0 Å². The van der Waals surface area contributed by atoms with Crippen molar-refractivity contribution in [3.63, 3.8) is 0 Å². The number of likely N-dealkylation sites (tertiary alicyclic amines) is 1. The minimum absolute atomic E-state index is 0.220. The molecule has 1 saturated heterocycles. The van der Waals surface area contributed by atoms with E-state index in [-0.39, 0.29) is 11.0 Å². The molecule has 204 valence electrons. The summed E-state index contributed by atoms with van der Waals surface area (Å²) >= 11 is 0. The maximum absolute atomic E-state index is 12.3. The van der Waals surface area contributed by atoms with E-state index in [0.29, 0.717) is 11.6 Å². The Balaban J connectivity index is 1.25. The quantitative estimate of drug-likeness (QED) is 0.321. The van der Waals surface area contributed by atoms with E-state index in [4.69, 9.17) is 4.74 Å². The van der Waals surface area contributed by atoms with Gasteiger partial charge in [-0.15, -0.1) is 0 Å². The van der Waals surface area contributed by atoms with Gasteiger partial charge in [0.1, 0.15) is 5.60 Å². The van der Waals surface area contributed by atoms with Gasteiger partial charge >= 0.3 is 6.09 Å². The zero-order valence-electron chi connectivity index (χ0n) is 22.8. The molecule has 39 heavy (non-hydrogen) atoms. The molecule has 3 heterocycles. The minimum atomic E-state index is -3.31. The second-order valence-electron chi connectivity index (χ2n) is 11.3. The third-order valence-electron chi connectivity index (χ3n) is 7.01. The standard InChI is InChI=1S/C30H34N4O4S/c1-30(2,3)38-29(35)33-14-12-22(13-15-33)16-21-8-10-23(11-9-21)25-18-31-28-27(19-32-34(28)20-25)24-6-5-7-26(17-24)39(4,36)37/h5-11,17-20,22H,12-16H2,1-4H3. The Morgan fingerprint density at radius 1 is 1.00 bits per heavy atom. The first-order valence-corrected chi connectivity index (χ1v) is 15.1. The monoisotopic (exact) mass is 546 g/mol. The number of piperidine rings is 1. The lowest BCUT2D eigenvalue weighted by Crippen LogP contribution is -2.42. The number of nitrogens with zero attached hydrogens (tertiary/aromatic N) is 4. The highest BCUT2D eigenvalue weighted by atomic mass is 32.2. The second-order valence-corrected chi connectivity index (χ2v) is 13.3. The van der Waals surface area contributed by atoms with E-state index >= 15 is 0 Å². The van der Waals surface area contributed by atoms with Crippen LogP contribution in [-0.2, 0) is 21.0 Å². The van der Waals surface area contributed by atoms with Gasteiger partial charge in [-0.05, 0) is 74.8 Å². The number of hydrogen-bond acceptors (Lipinski definition) is 6. The summed E-state index contributed by atoms with van der Waals surface area (Å²) in [4.78, 5) is 19.1. The summed E-state index contributed by atoms with van der Waals surface area (Å²) < 4.78 is 31.2. The Hall–Kier alpha value is -3.72. The number of sulfone groups is 1. The lowest BCUT2D eigenvalue weighted by atomic mass is 9.90. The van der Waals surface area contributed by atoms with Crippen LogP contribution in [0.25, 0.3) is 27.9 Å². The normalized spacial score (nSPS) is 15.0. The molecular weight excluding hydrogens is 512 g/mol. The fourth-order valence-electron chi connectivity index (χ4n) is 4.93. The van der Waals surface area contributed by atoms with Crippen molar-refractivity contribution < 1.29 is 17.9 Å². The number of amides is 1. The summed E-state index contributed by atoms with van der Waals surface area (Å²) in [6.45, 7) is 7.14. The topological polar surface area (TPSA) is 93.9 Å². The maximum Gasteiger partial charge on any atom is 0.410 e. The predicted molar refractivity (Wildman–Crippen MR) is 151 cm³/mol. The zero-order chi connectivity index (χ0) is 27.8. The van der Waals surface area contributed by atoms with E-state index in [9.17, 15) is 13.2 Å². The van der Waals surface area contributed by atoms with Crippen LogP contribution in [0.15, 0.2) is 72.0 Å². The van der Waals surface area contributed by atoms with E-state index in [1.165, 1.54) is 11.8 Å². The summed E-state index contributed by atoms with van der Waals surface area (Å²) in [5.74, 6) is 0.538. The Labute approximate surface area is 229 Å². The number of fused-ring (bicyclic) bond motifs is 1. The van der Waals surface area contributed by atoms with Crippen LogP contribution in [0.4, 0.5) is 4.79 Å². The molecule has 0 saturated carbocycles. The van der Waals surface area contributed by atoms with Gasteiger partial charge in [0.25, 0.3) is 0 Å². The van der Waals surface area contributed by atoms with Gasteiger partial charge < -0.3 is 9.64 Å². The van der Waals surface area contributed by atoms with Crippen molar-refractivity contribution in [2.24, 2.45) is 5.92 Å². The fraction of sp³-hybridized carbons (Fsp3) is 0.367. The Morgan fingerprint density at radius 3 is 2.38 bits per heavy atom. The molecule has 2 aromatic carbocycles. The molecule has 0 radical (unpaired) electrons. The SMILES string of the molecule is CC(C)(C)OC(=O)N1CCC(Cc2ccc(-c3cnc4c(-c5cccc(S(C)(=O)=O)c5)cnn4c3)cc2)CC1. The molecule has 2 aromatic heterocycles. The highest BCUT2D eigenvalue weighted by molar-refractivity contribution is 7.90. The molecule has 0 aliphatic carbocycles. The molecule has 0 bridgehead atoms. The van der Waals surface area contributed by atoms with Crippen molar-refractivity contribution in [3.8, 4) is 22.3 Å². The number of hydrogen-bond donors (Lipinski definition) is 0. The van der Waals surface area contributed by atoms with Crippen LogP contribution >= 0.6 is 0 Å². The highest BCUT2D eigenvalue weighted by Crippen LogP contribution is 2.28. The number of aromatic nitrogens is 3. The van der Waals surface area contributed by atoms with Crippen LogP contribution in [0.3, 0.4) is 0 Å². The van der Waals surface area contributed by atoms with E-state index in [0.717, 1.165) is 54.6 Å². The maximum atomic E-state index is 12.3. The molecular formula is C30H34N4O4S. The van der Waals surface area contributed by atoms with Gasteiger partial charge in [-0.25, -0.2) is 22.7 Å². The third kappa shape index (κ3) is 6.30. The smallest absolute Gasteiger partial charge is 0.410 e. The first-order chi connectivity index (χ1) is 18.5. The van der Waals surface area contributed by atoms with Gasteiger partial charge in [0, 0.05) is 42.9 Å². The molecule has 0 atom stereocenters. The van der Waals surface area contributed by atoms with Crippen molar-refractivity contribution >= 4 is 21.6 Å². The van der Waals surface area contributed by atoms with Crippen LogP contribution < -0.4 is 0 Å². The average molecular weight is 547 g/mol. The summed E-state index contributed by atoms with van der Waals surface area (Å²) in [5, 5.41) is 4.47. The molecule has 1 aliphatic rings. The first kappa shape index (κ1) is 26.9. The minimum Gasteiger partial charge on any atom is -0.444 e. The number of carbonyl (C=O) groups excluding carboxylic acids is 1. The number of rotatable bonds is 5. The lowest BCUT2D eigenvalue weighted by molar-refractivity contribution is 0.0184. The molecule has 5 rings (SSSR count). The Bertz CT molecular complexity index is 1600. The molecule has 0 spiro atoms. The van der Waals surface area contributed by atoms with Gasteiger partial charge in [0.15, 0.2) is 15.5 Å². The predicted octanol–water partition coefficient (Wildman–Crippen LogP) is 5.66. The molecule has 1 aliphatic heterocycles. The molecule has 9 heteroatoms. The van der Waals surface area contributed by atoms with E-state index < -0.39 is 15.4 Å². The van der Waals surface area contributed by atoms with Crippen molar-refractivity contribution in [3.05, 3.63) is 72.7 Å². The van der Waals surface area contributed by atoms with Gasteiger partial charge in [-0.2, -0.15) is 5.10 Å². The van der Waals surface area contributed by atoms with Crippen molar-refractivity contribution in [1.29, 1.82) is 0 Å². The van der Waals surface area contributed by atoms with Gasteiger partial charge in [-0.1, -0.05) is 36.4 Å².